The monoisotopic (exact) mass is 297 g/mol. The number of rotatable bonds is 5. The minimum Gasteiger partial charge on any atom is -0.479 e. The maximum atomic E-state index is 12.4. The molecule has 0 aliphatic heterocycles. The number of carbonyl (C=O) groups is 1. The van der Waals surface area contributed by atoms with Gasteiger partial charge in [0.25, 0.3) is 5.91 Å². The van der Waals surface area contributed by atoms with Crippen LogP contribution >= 0.6 is 0 Å². The molecule has 0 atom stereocenters. The van der Waals surface area contributed by atoms with Gasteiger partial charge in [-0.15, -0.1) is 0 Å². The fourth-order valence-electron chi connectivity index (χ4n) is 2.47. The summed E-state index contributed by atoms with van der Waals surface area (Å²) in [6.07, 6.45) is 0. The Morgan fingerprint density at radius 1 is 1.32 bits per heavy atom. The molecule has 22 heavy (non-hydrogen) atoms. The Balaban J connectivity index is 2.10. The van der Waals surface area contributed by atoms with Crippen LogP contribution in [0.5, 0.6) is 5.75 Å². The van der Waals surface area contributed by atoms with Crippen molar-refractivity contribution in [3.63, 3.8) is 0 Å². The lowest BCUT2D eigenvalue weighted by Gasteiger charge is -2.08. The van der Waals surface area contributed by atoms with Crippen LogP contribution in [-0.4, -0.2) is 17.1 Å². The van der Waals surface area contributed by atoms with E-state index in [0.717, 1.165) is 17.9 Å². The molecular formula is C17H19N3O2. The van der Waals surface area contributed by atoms with E-state index < -0.39 is 0 Å². The zero-order valence-electron chi connectivity index (χ0n) is 13.0. The van der Waals surface area contributed by atoms with Crippen molar-refractivity contribution in [2.24, 2.45) is 0 Å². The highest BCUT2D eigenvalue weighted by molar-refractivity contribution is 6.05. The fraction of sp³-hybridized carbons (Fsp3) is 0.294. The van der Waals surface area contributed by atoms with Gasteiger partial charge in [-0.2, -0.15) is 5.26 Å². The van der Waals surface area contributed by atoms with Gasteiger partial charge in [0.2, 0.25) is 0 Å². The summed E-state index contributed by atoms with van der Waals surface area (Å²) in [5.74, 6) is 0.474. The Labute approximate surface area is 130 Å². The van der Waals surface area contributed by atoms with E-state index >= 15 is 0 Å². The molecule has 5 heteroatoms. The molecule has 0 fully saturated rings. The smallest absolute Gasteiger partial charge is 0.257 e. The number of nitriles is 1. The van der Waals surface area contributed by atoms with E-state index in [4.69, 9.17) is 10.00 Å². The summed E-state index contributed by atoms with van der Waals surface area (Å²) in [4.78, 5) is 12.4. The van der Waals surface area contributed by atoms with Crippen LogP contribution < -0.4 is 10.1 Å². The fourth-order valence-corrected chi connectivity index (χ4v) is 2.47. The van der Waals surface area contributed by atoms with Gasteiger partial charge in [-0.3, -0.25) is 4.79 Å². The number of hydrogen-bond donors (Lipinski definition) is 1. The Morgan fingerprint density at radius 2 is 2.00 bits per heavy atom. The number of aryl methyl sites for hydroxylation is 1. The number of aromatic nitrogens is 1. The number of nitrogens with zero attached hydrogens (tertiary/aromatic N) is 2. The lowest BCUT2D eigenvalue weighted by Crippen LogP contribution is -2.13. The Hall–Kier alpha value is -2.74. The highest BCUT2D eigenvalue weighted by atomic mass is 16.5. The predicted octanol–water partition coefficient (Wildman–Crippen LogP) is 3.28. The summed E-state index contributed by atoms with van der Waals surface area (Å²) in [6, 6.07) is 10.8. The van der Waals surface area contributed by atoms with Gasteiger partial charge in [0, 0.05) is 23.6 Å². The van der Waals surface area contributed by atoms with Gasteiger partial charge < -0.3 is 14.6 Å². The van der Waals surface area contributed by atoms with E-state index in [1.165, 1.54) is 0 Å². The second-order valence-electron chi connectivity index (χ2n) is 4.95. The van der Waals surface area contributed by atoms with Crippen LogP contribution in [0.4, 0.5) is 5.69 Å². The molecule has 1 N–H and O–H groups in total. The zero-order chi connectivity index (χ0) is 16.1. The third-order valence-corrected chi connectivity index (χ3v) is 3.55. The van der Waals surface area contributed by atoms with Crippen molar-refractivity contribution in [1.29, 1.82) is 5.26 Å². The van der Waals surface area contributed by atoms with Gasteiger partial charge in [-0.1, -0.05) is 0 Å². The highest BCUT2D eigenvalue weighted by Gasteiger charge is 2.15. The number of amides is 1. The topological polar surface area (TPSA) is 67.1 Å². The third-order valence-electron chi connectivity index (χ3n) is 3.55. The van der Waals surface area contributed by atoms with E-state index in [2.05, 4.69) is 16.8 Å². The molecule has 1 heterocycles. The molecule has 0 saturated carbocycles. The lowest BCUT2D eigenvalue weighted by molar-refractivity contribution is 0.102. The normalized spacial score (nSPS) is 10.1. The van der Waals surface area contributed by atoms with E-state index in [9.17, 15) is 4.79 Å². The molecule has 2 aromatic rings. The number of nitrogens with one attached hydrogen (secondary N) is 1. The summed E-state index contributed by atoms with van der Waals surface area (Å²) in [6.45, 7) is 6.85. The first-order valence-electron chi connectivity index (χ1n) is 7.14. The molecule has 0 saturated heterocycles. The first kappa shape index (κ1) is 15.6. The van der Waals surface area contributed by atoms with E-state index in [1.807, 2.05) is 26.0 Å². The highest BCUT2D eigenvalue weighted by Crippen LogP contribution is 2.19. The molecule has 0 aliphatic carbocycles. The van der Waals surface area contributed by atoms with E-state index in [-0.39, 0.29) is 12.5 Å². The summed E-state index contributed by atoms with van der Waals surface area (Å²) in [5, 5.41) is 11.3. The molecule has 0 radical (unpaired) electrons. The minimum atomic E-state index is -0.126. The van der Waals surface area contributed by atoms with Crippen LogP contribution in [-0.2, 0) is 6.54 Å². The number of anilines is 1. The van der Waals surface area contributed by atoms with Crippen molar-refractivity contribution in [3.05, 3.63) is 47.3 Å². The third kappa shape index (κ3) is 3.29. The summed E-state index contributed by atoms with van der Waals surface area (Å²) in [5.41, 5.74) is 3.41. The Bertz CT molecular complexity index is 709. The van der Waals surface area contributed by atoms with Crippen LogP contribution in [0.1, 0.15) is 28.7 Å². The van der Waals surface area contributed by atoms with Crippen molar-refractivity contribution >= 4 is 11.6 Å². The molecule has 0 bridgehead atoms. The average Bonchev–Trinajstić information content (AvgIpc) is 2.81. The number of benzene rings is 1. The summed E-state index contributed by atoms with van der Waals surface area (Å²) < 4.78 is 7.28. The molecule has 0 spiro atoms. The SMILES string of the molecule is CCn1c(C)cc(C(=O)Nc2ccc(OCC#N)cc2)c1C. The van der Waals surface area contributed by atoms with Gasteiger partial charge >= 0.3 is 0 Å². The quantitative estimate of drug-likeness (QED) is 0.921. The standard InChI is InChI=1S/C17H19N3O2/c1-4-20-12(2)11-16(13(20)3)17(21)19-14-5-7-15(8-6-14)22-10-9-18/h5-8,11H,4,10H2,1-3H3,(H,19,21). The molecule has 1 aromatic heterocycles. The zero-order valence-corrected chi connectivity index (χ0v) is 13.0. The van der Waals surface area contributed by atoms with E-state index in [1.54, 1.807) is 24.3 Å². The molecule has 0 unspecified atom stereocenters. The average molecular weight is 297 g/mol. The van der Waals surface area contributed by atoms with E-state index in [0.29, 0.717) is 17.0 Å². The van der Waals surface area contributed by atoms with Gasteiger partial charge in [-0.25, -0.2) is 0 Å². The molecule has 1 aromatic carbocycles. The molecule has 1 amide bonds. The summed E-state index contributed by atoms with van der Waals surface area (Å²) in [7, 11) is 0. The Morgan fingerprint density at radius 3 is 2.55 bits per heavy atom. The van der Waals surface area contributed by atoms with Gasteiger partial charge in [0.1, 0.15) is 11.8 Å². The minimum absolute atomic E-state index is 0.00864. The molecule has 2 rings (SSSR count). The number of hydrogen-bond acceptors (Lipinski definition) is 3. The second kappa shape index (κ2) is 6.81. The van der Waals surface area contributed by atoms with Gasteiger partial charge in [0.05, 0.1) is 5.56 Å². The van der Waals surface area contributed by atoms with Crippen molar-refractivity contribution in [2.75, 3.05) is 11.9 Å². The van der Waals surface area contributed by atoms with Crippen LogP contribution in [0.2, 0.25) is 0 Å². The Kier molecular flexibility index (Phi) is 4.84. The van der Waals surface area contributed by atoms with Crippen LogP contribution in [0.25, 0.3) is 0 Å². The van der Waals surface area contributed by atoms with Crippen LogP contribution in [0.3, 0.4) is 0 Å². The lowest BCUT2D eigenvalue weighted by atomic mass is 10.2. The van der Waals surface area contributed by atoms with Crippen molar-refractivity contribution in [2.45, 2.75) is 27.3 Å². The molecule has 5 nitrogen and oxygen atoms in total. The first-order chi connectivity index (χ1) is 10.6. The maximum absolute atomic E-state index is 12.4. The molecule has 0 aliphatic rings. The van der Waals surface area contributed by atoms with Crippen molar-refractivity contribution in [1.82, 2.24) is 4.57 Å². The second-order valence-corrected chi connectivity index (χ2v) is 4.95. The molecule has 114 valence electrons. The van der Waals surface area contributed by atoms with Gasteiger partial charge in [0.15, 0.2) is 6.61 Å². The largest absolute Gasteiger partial charge is 0.479 e. The van der Waals surface area contributed by atoms with Crippen LogP contribution in [0.15, 0.2) is 30.3 Å². The number of carbonyl (C=O) groups excluding carboxylic acids is 1. The van der Waals surface area contributed by atoms with Crippen molar-refractivity contribution < 1.29 is 9.53 Å². The first-order valence-corrected chi connectivity index (χ1v) is 7.14. The maximum Gasteiger partial charge on any atom is 0.257 e. The van der Waals surface area contributed by atoms with Gasteiger partial charge in [-0.05, 0) is 51.1 Å². The van der Waals surface area contributed by atoms with Crippen molar-refractivity contribution in [3.8, 4) is 11.8 Å². The summed E-state index contributed by atoms with van der Waals surface area (Å²) >= 11 is 0. The molecular weight excluding hydrogens is 278 g/mol. The predicted molar refractivity (Wildman–Crippen MR) is 85.1 cm³/mol. The van der Waals surface area contributed by atoms with Crippen LogP contribution in [0, 0.1) is 25.2 Å². The number of ether oxygens (including phenoxy) is 1.